The highest BCUT2D eigenvalue weighted by atomic mass is 19.1. The summed E-state index contributed by atoms with van der Waals surface area (Å²) >= 11 is 0. The zero-order chi connectivity index (χ0) is 21.5. The van der Waals surface area contributed by atoms with Gasteiger partial charge in [-0.15, -0.1) is 0 Å². The monoisotopic (exact) mass is 415 g/mol. The van der Waals surface area contributed by atoms with Crippen LogP contribution < -0.4 is 5.32 Å². The molecule has 1 aromatic carbocycles. The van der Waals surface area contributed by atoms with Gasteiger partial charge < -0.3 is 15.5 Å². The molecule has 3 saturated carbocycles. The number of nitrogens with one attached hydrogen (secondary N) is 1. The Morgan fingerprint density at radius 2 is 1.93 bits per heavy atom. The Morgan fingerprint density at radius 1 is 1.13 bits per heavy atom. The van der Waals surface area contributed by atoms with Crippen LogP contribution in [0.4, 0.5) is 4.39 Å². The van der Waals surface area contributed by atoms with E-state index in [2.05, 4.69) is 25.7 Å². The van der Waals surface area contributed by atoms with Gasteiger partial charge in [0.15, 0.2) is 0 Å². The van der Waals surface area contributed by atoms with E-state index >= 15 is 0 Å². The van der Waals surface area contributed by atoms with Gasteiger partial charge in [0.05, 0.1) is 12.2 Å². The van der Waals surface area contributed by atoms with Crippen molar-refractivity contribution in [3.05, 3.63) is 47.8 Å². The fraction of sp³-hybridized carbons (Fsp3) is 0.692. The van der Waals surface area contributed by atoms with Crippen molar-refractivity contribution in [3.63, 3.8) is 0 Å². The molecule has 3 nitrogen and oxygen atoms in total. The quantitative estimate of drug-likeness (QED) is 0.604. The first-order valence-electron chi connectivity index (χ1n) is 11.7. The third kappa shape index (κ3) is 3.87. The molecule has 0 amide bonds. The Kier molecular flexibility index (Phi) is 6.13. The van der Waals surface area contributed by atoms with Gasteiger partial charge in [-0.2, -0.15) is 0 Å². The minimum absolute atomic E-state index is 0.00115. The van der Waals surface area contributed by atoms with Gasteiger partial charge in [0, 0.05) is 6.54 Å². The third-order valence-corrected chi connectivity index (χ3v) is 9.14. The number of benzene rings is 1. The van der Waals surface area contributed by atoms with Crippen molar-refractivity contribution in [1.29, 1.82) is 0 Å². The van der Waals surface area contributed by atoms with E-state index in [4.69, 9.17) is 0 Å². The zero-order valence-corrected chi connectivity index (χ0v) is 18.5. The number of rotatable bonds is 5. The van der Waals surface area contributed by atoms with Crippen LogP contribution in [-0.4, -0.2) is 29.0 Å². The first-order chi connectivity index (χ1) is 14.2. The Hall–Kier alpha value is -1.23. The molecule has 3 fully saturated rings. The molecule has 3 aliphatic rings. The Morgan fingerprint density at radius 3 is 2.70 bits per heavy atom. The van der Waals surface area contributed by atoms with Crippen molar-refractivity contribution in [3.8, 4) is 0 Å². The summed E-state index contributed by atoms with van der Waals surface area (Å²) in [5, 5.41) is 25.4. The van der Waals surface area contributed by atoms with E-state index in [0.717, 1.165) is 57.1 Å². The minimum Gasteiger partial charge on any atom is -0.393 e. The van der Waals surface area contributed by atoms with Crippen LogP contribution in [0.5, 0.6) is 0 Å². The Balaban J connectivity index is 1.47. The number of allylic oxidation sites excluding steroid dienone is 1. The second-order valence-corrected chi connectivity index (χ2v) is 10.7. The fourth-order valence-electron chi connectivity index (χ4n) is 6.97. The zero-order valence-electron chi connectivity index (χ0n) is 18.5. The normalized spacial score (nSPS) is 41.6. The van der Waals surface area contributed by atoms with Crippen LogP contribution >= 0.6 is 0 Å². The lowest BCUT2D eigenvalue weighted by Gasteiger charge is -2.55. The van der Waals surface area contributed by atoms with Gasteiger partial charge in [-0.25, -0.2) is 4.39 Å². The molecule has 30 heavy (non-hydrogen) atoms. The van der Waals surface area contributed by atoms with E-state index in [9.17, 15) is 14.6 Å². The van der Waals surface area contributed by atoms with Gasteiger partial charge in [-0.1, -0.05) is 38.1 Å². The van der Waals surface area contributed by atoms with Crippen molar-refractivity contribution in [1.82, 2.24) is 5.32 Å². The van der Waals surface area contributed by atoms with Crippen LogP contribution in [-0.2, 0) is 6.54 Å². The van der Waals surface area contributed by atoms with Crippen LogP contribution in [0.3, 0.4) is 0 Å². The fourth-order valence-corrected chi connectivity index (χ4v) is 6.97. The predicted molar refractivity (Wildman–Crippen MR) is 118 cm³/mol. The Bertz CT molecular complexity index is 782. The number of halogens is 1. The van der Waals surface area contributed by atoms with E-state index in [0.29, 0.717) is 18.4 Å². The Labute approximate surface area is 180 Å². The van der Waals surface area contributed by atoms with Crippen LogP contribution in [0.1, 0.15) is 64.4 Å². The number of aliphatic hydroxyl groups is 2. The molecule has 1 aromatic rings. The number of fused-ring (bicyclic) bond motifs is 1. The molecule has 0 heterocycles. The number of hydrogen-bond donors (Lipinski definition) is 3. The minimum atomic E-state index is -0.297. The average molecular weight is 416 g/mol. The topological polar surface area (TPSA) is 52.5 Å². The molecule has 0 aromatic heterocycles. The van der Waals surface area contributed by atoms with Crippen LogP contribution in [0.25, 0.3) is 0 Å². The summed E-state index contributed by atoms with van der Waals surface area (Å²) in [5.41, 5.74) is 2.35. The lowest BCUT2D eigenvalue weighted by Crippen LogP contribution is -2.54. The van der Waals surface area contributed by atoms with Crippen molar-refractivity contribution >= 4 is 0 Å². The molecule has 0 aliphatic heterocycles. The van der Waals surface area contributed by atoms with E-state index < -0.39 is 0 Å². The van der Waals surface area contributed by atoms with E-state index in [1.807, 2.05) is 6.07 Å². The average Bonchev–Trinajstić information content (AvgIpc) is 3.01. The van der Waals surface area contributed by atoms with Gasteiger partial charge in [0.2, 0.25) is 0 Å². The summed E-state index contributed by atoms with van der Waals surface area (Å²) in [6, 6.07) is 6.71. The van der Waals surface area contributed by atoms with E-state index in [1.54, 1.807) is 12.1 Å². The van der Waals surface area contributed by atoms with E-state index in [-0.39, 0.29) is 34.8 Å². The summed E-state index contributed by atoms with van der Waals surface area (Å²) in [6.45, 7) is 10.4. The molecule has 0 radical (unpaired) electrons. The SMILES string of the molecule is C=C1CCC2[C@H](O)C([C@@]3(C)CC[C@H](O)C[C@@H]3CNCc3cccc(F)c3)CC[C@]12C. The van der Waals surface area contributed by atoms with Gasteiger partial charge >= 0.3 is 0 Å². The molecule has 4 heteroatoms. The summed E-state index contributed by atoms with van der Waals surface area (Å²) in [5.74, 6) is 0.658. The summed E-state index contributed by atoms with van der Waals surface area (Å²) in [4.78, 5) is 0. The first-order valence-corrected chi connectivity index (χ1v) is 11.7. The van der Waals surface area contributed by atoms with Crippen LogP contribution in [0.15, 0.2) is 36.4 Å². The molecule has 166 valence electrons. The highest BCUT2D eigenvalue weighted by Crippen LogP contribution is 2.61. The smallest absolute Gasteiger partial charge is 0.123 e. The molecule has 3 aliphatic carbocycles. The first kappa shape index (κ1) is 22.0. The summed E-state index contributed by atoms with van der Waals surface area (Å²) < 4.78 is 13.5. The maximum atomic E-state index is 13.5. The lowest BCUT2D eigenvalue weighted by molar-refractivity contribution is -0.118. The van der Waals surface area contributed by atoms with Gasteiger partial charge in [0.1, 0.15) is 5.82 Å². The lowest BCUT2D eigenvalue weighted by atomic mass is 9.52. The highest BCUT2D eigenvalue weighted by molar-refractivity contribution is 5.21. The molecule has 0 bridgehead atoms. The maximum Gasteiger partial charge on any atom is 0.123 e. The maximum absolute atomic E-state index is 13.5. The second kappa shape index (κ2) is 8.37. The number of hydrogen-bond acceptors (Lipinski definition) is 3. The van der Waals surface area contributed by atoms with E-state index in [1.165, 1.54) is 11.6 Å². The van der Waals surface area contributed by atoms with Crippen LogP contribution in [0.2, 0.25) is 0 Å². The standard InChI is InChI=1S/C26H38FNO2/c1-17-7-8-22-24(30)23(10-12-25(17,22)2)26(3)11-9-21(29)14-19(26)16-28-15-18-5-4-6-20(27)13-18/h4-6,13,19,21-24,28-30H,1,7-12,14-16H2,2-3H3/t19-,21+,22?,23?,24+,25-,26+/m1/s1. The largest absolute Gasteiger partial charge is 0.393 e. The molecule has 7 atom stereocenters. The predicted octanol–water partition coefficient (Wildman–Crippen LogP) is 4.83. The third-order valence-electron chi connectivity index (χ3n) is 9.14. The van der Waals surface area contributed by atoms with Crippen LogP contribution in [0, 0.1) is 34.4 Å². The molecular formula is C26H38FNO2. The summed E-state index contributed by atoms with van der Waals surface area (Å²) in [7, 11) is 0. The van der Waals surface area contributed by atoms with Crippen molar-refractivity contribution in [2.45, 2.75) is 77.5 Å². The summed E-state index contributed by atoms with van der Waals surface area (Å²) in [6.07, 6.45) is 6.20. The highest BCUT2D eigenvalue weighted by Gasteiger charge is 2.56. The van der Waals surface area contributed by atoms with Crippen molar-refractivity contribution < 1.29 is 14.6 Å². The van der Waals surface area contributed by atoms with Gasteiger partial charge in [-0.05, 0) is 97.8 Å². The molecule has 0 spiro atoms. The molecule has 2 unspecified atom stereocenters. The number of aliphatic hydroxyl groups excluding tert-OH is 2. The molecule has 4 rings (SSSR count). The second-order valence-electron chi connectivity index (χ2n) is 10.7. The molecule has 3 N–H and O–H groups in total. The molecular weight excluding hydrogens is 377 g/mol. The van der Waals surface area contributed by atoms with Crippen molar-refractivity contribution in [2.24, 2.45) is 28.6 Å². The van der Waals surface area contributed by atoms with Crippen molar-refractivity contribution in [2.75, 3.05) is 6.54 Å². The molecule has 0 saturated heterocycles. The van der Waals surface area contributed by atoms with Gasteiger partial charge in [-0.3, -0.25) is 0 Å². The van der Waals surface area contributed by atoms with Gasteiger partial charge in [0.25, 0.3) is 0 Å².